The van der Waals surface area contributed by atoms with E-state index >= 15 is 0 Å². The Labute approximate surface area is 102 Å². The topological polar surface area (TPSA) is 76.1 Å². The summed E-state index contributed by atoms with van der Waals surface area (Å²) in [5.74, 6) is -0.129. The number of hydrogen-bond acceptors (Lipinski definition) is 6. The molecule has 0 unspecified atom stereocenters. The normalized spacial score (nSPS) is 27.8. The Bertz CT molecular complexity index is 311. The van der Waals surface area contributed by atoms with Crippen LogP contribution in [0.25, 0.3) is 0 Å². The lowest BCUT2D eigenvalue weighted by molar-refractivity contribution is 0.0445. The molecule has 0 aliphatic carbocycles. The van der Waals surface area contributed by atoms with Gasteiger partial charge in [-0.05, 0) is 0 Å². The zero-order valence-electron chi connectivity index (χ0n) is 10.3. The lowest BCUT2D eigenvalue weighted by Gasteiger charge is -2.29. The average Bonchev–Trinajstić information content (AvgIpc) is 2.53. The molecule has 2 atom stereocenters. The van der Waals surface area contributed by atoms with Crippen molar-refractivity contribution in [3.8, 4) is 0 Å². The molecule has 1 aliphatic rings. The molecule has 102 valence electrons. The molecule has 6 nitrogen and oxygen atoms in total. The van der Waals surface area contributed by atoms with Gasteiger partial charge >= 0.3 is 0 Å². The van der Waals surface area contributed by atoms with Crippen molar-refractivity contribution in [2.24, 2.45) is 0 Å². The highest BCUT2D eigenvalue weighted by atomic mass is 32.2. The third-order valence-electron chi connectivity index (χ3n) is 2.93. The third kappa shape index (κ3) is 4.51. The highest BCUT2D eigenvalue weighted by Crippen LogP contribution is 2.18. The summed E-state index contributed by atoms with van der Waals surface area (Å²) in [6, 6.07) is -0.342. The van der Waals surface area contributed by atoms with Crippen LogP contribution in [0.5, 0.6) is 0 Å². The number of nitrogens with zero attached hydrogens (tertiary/aromatic N) is 1. The van der Waals surface area contributed by atoms with Gasteiger partial charge in [0.15, 0.2) is 9.84 Å². The molecule has 17 heavy (non-hydrogen) atoms. The van der Waals surface area contributed by atoms with Gasteiger partial charge in [0.25, 0.3) is 0 Å². The van der Waals surface area contributed by atoms with Gasteiger partial charge in [0, 0.05) is 27.3 Å². The first-order valence-electron chi connectivity index (χ1n) is 5.60. The third-order valence-corrected chi connectivity index (χ3v) is 4.63. The maximum absolute atomic E-state index is 11.5. The second-order valence-electron chi connectivity index (χ2n) is 4.23. The molecular formula is C10H21NO5S. The van der Waals surface area contributed by atoms with Crippen molar-refractivity contribution in [2.45, 2.75) is 12.1 Å². The molecule has 1 saturated heterocycles. The zero-order chi connectivity index (χ0) is 12.9. The second-order valence-corrected chi connectivity index (χ2v) is 6.39. The summed E-state index contributed by atoms with van der Waals surface area (Å²) in [7, 11) is 0.0741. The van der Waals surface area contributed by atoms with E-state index in [9.17, 15) is 13.5 Å². The van der Waals surface area contributed by atoms with E-state index in [2.05, 4.69) is 0 Å². The highest BCUT2D eigenvalue weighted by molar-refractivity contribution is 7.91. The van der Waals surface area contributed by atoms with Gasteiger partial charge in [-0.2, -0.15) is 0 Å². The minimum atomic E-state index is -3.11. The van der Waals surface area contributed by atoms with Gasteiger partial charge in [0.1, 0.15) is 0 Å². The van der Waals surface area contributed by atoms with Crippen molar-refractivity contribution >= 4 is 9.84 Å². The molecule has 1 rings (SSSR count). The Morgan fingerprint density at radius 2 is 1.71 bits per heavy atom. The Morgan fingerprint density at radius 1 is 1.18 bits per heavy atom. The van der Waals surface area contributed by atoms with E-state index in [1.807, 2.05) is 4.90 Å². The predicted molar refractivity (Wildman–Crippen MR) is 63.8 cm³/mol. The van der Waals surface area contributed by atoms with E-state index in [1.54, 1.807) is 14.2 Å². The molecule has 1 aliphatic heterocycles. The minimum Gasteiger partial charge on any atom is -0.390 e. The van der Waals surface area contributed by atoms with Crippen LogP contribution in [0.3, 0.4) is 0 Å². The van der Waals surface area contributed by atoms with E-state index in [0.29, 0.717) is 26.3 Å². The molecule has 7 heteroatoms. The van der Waals surface area contributed by atoms with Crippen LogP contribution < -0.4 is 0 Å². The van der Waals surface area contributed by atoms with Gasteiger partial charge in [-0.15, -0.1) is 0 Å². The van der Waals surface area contributed by atoms with Crippen LogP contribution in [0, 0.1) is 0 Å². The van der Waals surface area contributed by atoms with Gasteiger partial charge in [-0.1, -0.05) is 0 Å². The van der Waals surface area contributed by atoms with Crippen molar-refractivity contribution < 1.29 is 23.0 Å². The van der Waals surface area contributed by atoms with Crippen LogP contribution in [0.4, 0.5) is 0 Å². The maximum atomic E-state index is 11.5. The van der Waals surface area contributed by atoms with Crippen molar-refractivity contribution in [1.29, 1.82) is 0 Å². The molecule has 0 saturated carbocycles. The standard InChI is InChI=1S/C10H21NO5S/c1-15-5-3-11(4-6-16-2)9-7-17(13,14)8-10(9)12/h9-10,12H,3-8H2,1-2H3/t9-,10-/m1/s1. The fraction of sp³-hybridized carbons (Fsp3) is 1.00. The van der Waals surface area contributed by atoms with Crippen LogP contribution in [0.2, 0.25) is 0 Å². The van der Waals surface area contributed by atoms with Gasteiger partial charge in [0.05, 0.1) is 36.9 Å². The van der Waals surface area contributed by atoms with Crippen molar-refractivity contribution in [3.05, 3.63) is 0 Å². The summed E-state index contributed by atoms with van der Waals surface area (Å²) in [4.78, 5) is 1.92. The molecule has 1 fully saturated rings. The second kappa shape index (κ2) is 6.65. The summed E-state index contributed by atoms with van der Waals surface area (Å²) in [5.41, 5.74) is 0. The quantitative estimate of drug-likeness (QED) is 0.620. The molecule has 0 aromatic heterocycles. The molecule has 0 amide bonds. The van der Waals surface area contributed by atoms with Gasteiger partial charge in [-0.3, -0.25) is 4.90 Å². The number of hydrogen-bond donors (Lipinski definition) is 1. The van der Waals surface area contributed by atoms with Crippen LogP contribution >= 0.6 is 0 Å². The monoisotopic (exact) mass is 267 g/mol. The number of aliphatic hydroxyl groups is 1. The molecule has 0 bridgehead atoms. The van der Waals surface area contributed by atoms with Crippen LogP contribution in [-0.4, -0.2) is 82.6 Å². The Balaban J connectivity index is 2.62. The summed E-state index contributed by atoms with van der Waals surface area (Å²) in [5, 5.41) is 9.79. The fourth-order valence-corrected chi connectivity index (χ4v) is 3.85. The van der Waals surface area contributed by atoms with E-state index in [-0.39, 0.29) is 17.5 Å². The molecule has 1 N–H and O–H groups in total. The zero-order valence-corrected chi connectivity index (χ0v) is 11.1. The number of aliphatic hydroxyl groups excluding tert-OH is 1. The van der Waals surface area contributed by atoms with E-state index in [4.69, 9.17) is 9.47 Å². The minimum absolute atomic E-state index is 0.0155. The van der Waals surface area contributed by atoms with Crippen molar-refractivity contribution in [2.75, 3.05) is 52.0 Å². The lowest BCUT2D eigenvalue weighted by atomic mass is 10.2. The number of ether oxygens (including phenoxy) is 2. The summed E-state index contributed by atoms with van der Waals surface area (Å²) < 4.78 is 32.9. The van der Waals surface area contributed by atoms with Crippen LogP contribution in [0.1, 0.15) is 0 Å². The molecule has 0 radical (unpaired) electrons. The number of rotatable bonds is 7. The molecular weight excluding hydrogens is 246 g/mol. The van der Waals surface area contributed by atoms with Gasteiger partial charge < -0.3 is 14.6 Å². The summed E-state index contributed by atoms with van der Waals surface area (Å²) >= 11 is 0. The van der Waals surface area contributed by atoms with Crippen LogP contribution in [-0.2, 0) is 19.3 Å². The molecule has 0 aromatic carbocycles. The molecule has 1 heterocycles. The Hall–Kier alpha value is -0.210. The summed E-state index contributed by atoms with van der Waals surface area (Å²) in [6.45, 7) is 2.20. The average molecular weight is 267 g/mol. The van der Waals surface area contributed by atoms with Crippen molar-refractivity contribution in [1.82, 2.24) is 4.90 Å². The van der Waals surface area contributed by atoms with Crippen molar-refractivity contribution in [3.63, 3.8) is 0 Å². The van der Waals surface area contributed by atoms with E-state index in [0.717, 1.165) is 0 Å². The Kier molecular flexibility index (Phi) is 5.81. The molecule has 0 spiro atoms. The first-order valence-corrected chi connectivity index (χ1v) is 7.42. The first-order chi connectivity index (χ1) is 8.00. The smallest absolute Gasteiger partial charge is 0.154 e. The fourth-order valence-electron chi connectivity index (χ4n) is 2.02. The maximum Gasteiger partial charge on any atom is 0.154 e. The van der Waals surface area contributed by atoms with Gasteiger partial charge in [-0.25, -0.2) is 8.42 Å². The van der Waals surface area contributed by atoms with E-state index < -0.39 is 15.9 Å². The molecule has 0 aromatic rings. The largest absolute Gasteiger partial charge is 0.390 e. The highest BCUT2D eigenvalue weighted by Gasteiger charge is 2.39. The lowest BCUT2D eigenvalue weighted by Crippen LogP contribution is -2.46. The first kappa shape index (κ1) is 14.8. The Morgan fingerprint density at radius 3 is 2.06 bits per heavy atom. The predicted octanol–water partition coefficient (Wildman–Crippen LogP) is -1.26. The van der Waals surface area contributed by atoms with Crippen LogP contribution in [0.15, 0.2) is 0 Å². The van der Waals surface area contributed by atoms with Gasteiger partial charge in [0.2, 0.25) is 0 Å². The summed E-state index contributed by atoms with van der Waals surface area (Å²) in [6.07, 6.45) is -0.811. The SMILES string of the molecule is COCCN(CCOC)[C@@H]1CS(=O)(=O)C[C@H]1O. The van der Waals surface area contributed by atoms with E-state index in [1.165, 1.54) is 0 Å². The number of methoxy groups -OCH3 is 2. The number of sulfone groups is 1.